The lowest BCUT2D eigenvalue weighted by molar-refractivity contribution is -0.113. The van der Waals surface area contributed by atoms with Crippen LogP contribution in [0.1, 0.15) is 0 Å². The van der Waals surface area contributed by atoms with Gasteiger partial charge in [-0.15, -0.1) is 11.8 Å². The molecule has 0 atom stereocenters. The summed E-state index contributed by atoms with van der Waals surface area (Å²) in [7, 11) is 0. The van der Waals surface area contributed by atoms with Gasteiger partial charge in [-0.2, -0.15) is 8.78 Å². The summed E-state index contributed by atoms with van der Waals surface area (Å²) in [6.07, 6.45) is 0. The highest BCUT2D eigenvalue weighted by atomic mass is 35.5. The minimum atomic E-state index is -2.95. The van der Waals surface area contributed by atoms with E-state index < -0.39 is 6.61 Å². The largest absolute Gasteiger partial charge is 0.433 e. The molecule has 0 saturated heterocycles. The summed E-state index contributed by atoms with van der Waals surface area (Å²) in [6, 6.07) is 13.2. The Morgan fingerprint density at radius 2 is 1.86 bits per heavy atom. The third-order valence-electron chi connectivity index (χ3n) is 2.57. The van der Waals surface area contributed by atoms with Gasteiger partial charge in [0.25, 0.3) is 0 Å². The average Bonchev–Trinajstić information content (AvgIpc) is 2.48. The van der Waals surface area contributed by atoms with Crippen molar-refractivity contribution in [2.24, 2.45) is 0 Å². The van der Waals surface area contributed by atoms with Gasteiger partial charge in [0.1, 0.15) is 5.75 Å². The molecule has 0 aliphatic carbocycles. The summed E-state index contributed by atoms with van der Waals surface area (Å²) in [5.41, 5.74) is 0.201. The summed E-state index contributed by atoms with van der Waals surface area (Å²) in [5.74, 6) is -0.309. The first-order valence-corrected chi connectivity index (χ1v) is 7.63. The van der Waals surface area contributed by atoms with Crippen molar-refractivity contribution in [3.05, 3.63) is 53.6 Å². The van der Waals surface area contributed by atoms with E-state index >= 15 is 0 Å². The molecule has 0 aliphatic rings. The van der Waals surface area contributed by atoms with Gasteiger partial charge in [0, 0.05) is 4.90 Å². The zero-order chi connectivity index (χ0) is 15.9. The van der Waals surface area contributed by atoms with Crippen molar-refractivity contribution in [3.63, 3.8) is 0 Å². The molecule has 2 rings (SSSR count). The summed E-state index contributed by atoms with van der Waals surface area (Å²) < 4.78 is 28.9. The van der Waals surface area contributed by atoms with Crippen LogP contribution < -0.4 is 10.1 Å². The van der Waals surface area contributed by atoms with Crippen LogP contribution in [0.15, 0.2) is 53.4 Å². The van der Waals surface area contributed by atoms with Crippen molar-refractivity contribution in [3.8, 4) is 5.75 Å². The van der Waals surface area contributed by atoms with Crippen molar-refractivity contribution in [1.29, 1.82) is 0 Å². The lowest BCUT2D eigenvalue weighted by Crippen LogP contribution is -2.15. The van der Waals surface area contributed by atoms with Crippen LogP contribution in [0.4, 0.5) is 14.5 Å². The zero-order valence-electron chi connectivity index (χ0n) is 11.3. The smallest absolute Gasteiger partial charge is 0.387 e. The molecule has 2 aromatic carbocycles. The Kier molecular flexibility index (Phi) is 6.03. The van der Waals surface area contributed by atoms with Crippen LogP contribution in [0.3, 0.4) is 0 Å². The molecule has 0 unspecified atom stereocenters. The molecule has 1 amide bonds. The van der Waals surface area contributed by atoms with Crippen LogP contribution in [0.5, 0.6) is 5.75 Å². The number of alkyl halides is 2. The third kappa shape index (κ3) is 4.89. The van der Waals surface area contributed by atoms with Gasteiger partial charge < -0.3 is 10.1 Å². The molecule has 0 fully saturated rings. The molecule has 0 radical (unpaired) electrons. The topological polar surface area (TPSA) is 38.3 Å². The maximum absolute atomic E-state index is 12.3. The number of para-hydroxylation sites is 2. The number of anilines is 1. The van der Waals surface area contributed by atoms with Crippen LogP contribution in [-0.2, 0) is 4.79 Å². The molecular weight excluding hydrogens is 332 g/mol. The number of carbonyl (C=O) groups excluding carboxylic acids is 1. The van der Waals surface area contributed by atoms with Gasteiger partial charge in [-0.25, -0.2) is 0 Å². The van der Waals surface area contributed by atoms with Crippen molar-refractivity contribution in [2.75, 3.05) is 11.1 Å². The van der Waals surface area contributed by atoms with Gasteiger partial charge in [0.15, 0.2) is 0 Å². The first-order chi connectivity index (χ1) is 10.6. The van der Waals surface area contributed by atoms with Crippen LogP contribution in [0.2, 0.25) is 5.02 Å². The number of hydrogen-bond donors (Lipinski definition) is 1. The van der Waals surface area contributed by atoms with E-state index in [1.165, 1.54) is 23.9 Å². The first kappa shape index (κ1) is 16.6. The van der Waals surface area contributed by atoms with Gasteiger partial charge in [-0.3, -0.25) is 4.79 Å². The van der Waals surface area contributed by atoms with E-state index in [2.05, 4.69) is 10.1 Å². The quantitative estimate of drug-likeness (QED) is 0.774. The number of halogens is 3. The van der Waals surface area contributed by atoms with Crippen LogP contribution >= 0.6 is 23.4 Å². The van der Waals surface area contributed by atoms with Gasteiger partial charge >= 0.3 is 6.61 Å². The van der Waals surface area contributed by atoms with Crippen molar-refractivity contribution in [1.82, 2.24) is 0 Å². The Morgan fingerprint density at radius 3 is 2.59 bits per heavy atom. The molecule has 0 aromatic heterocycles. The fourth-order valence-electron chi connectivity index (χ4n) is 1.66. The Bertz CT molecular complexity index is 655. The number of nitrogens with one attached hydrogen (secondary N) is 1. The van der Waals surface area contributed by atoms with Gasteiger partial charge in [0.2, 0.25) is 5.91 Å². The second kappa shape index (κ2) is 8.00. The molecule has 0 aliphatic heterocycles. The summed E-state index contributed by atoms with van der Waals surface area (Å²) in [6.45, 7) is -2.95. The van der Waals surface area contributed by atoms with Gasteiger partial charge in [-0.1, -0.05) is 35.9 Å². The second-order valence-electron chi connectivity index (χ2n) is 4.14. The SMILES string of the molecule is O=C(CSc1ccccc1Cl)Nc1ccccc1OC(F)F. The highest BCUT2D eigenvalue weighted by Crippen LogP contribution is 2.28. The van der Waals surface area contributed by atoms with E-state index in [0.29, 0.717) is 5.02 Å². The second-order valence-corrected chi connectivity index (χ2v) is 5.57. The fourth-order valence-corrected chi connectivity index (χ4v) is 2.70. The molecule has 0 saturated carbocycles. The number of ether oxygens (including phenoxy) is 1. The van der Waals surface area contributed by atoms with E-state index in [1.807, 2.05) is 6.07 Å². The molecule has 1 N–H and O–H groups in total. The molecule has 116 valence electrons. The average molecular weight is 344 g/mol. The first-order valence-electron chi connectivity index (χ1n) is 6.27. The third-order valence-corrected chi connectivity index (χ3v) is 4.09. The maximum atomic E-state index is 12.3. The number of amides is 1. The van der Waals surface area contributed by atoms with Crippen molar-refractivity contribution in [2.45, 2.75) is 11.5 Å². The highest BCUT2D eigenvalue weighted by molar-refractivity contribution is 8.00. The lowest BCUT2D eigenvalue weighted by atomic mass is 10.3. The highest BCUT2D eigenvalue weighted by Gasteiger charge is 2.12. The fraction of sp³-hybridized carbons (Fsp3) is 0.133. The predicted molar refractivity (Wildman–Crippen MR) is 83.9 cm³/mol. The van der Waals surface area contributed by atoms with Crippen LogP contribution in [-0.4, -0.2) is 18.3 Å². The van der Waals surface area contributed by atoms with Crippen LogP contribution in [0.25, 0.3) is 0 Å². The molecule has 0 spiro atoms. The molecule has 0 heterocycles. The molecule has 7 heteroatoms. The normalized spacial score (nSPS) is 10.5. The number of hydrogen-bond acceptors (Lipinski definition) is 3. The summed E-state index contributed by atoms with van der Waals surface area (Å²) in [5, 5.41) is 3.10. The molecular formula is C15H12ClF2NO2S. The maximum Gasteiger partial charge on any atom is 0.387 e. The van der Waals surface area contributed by atoms with Crippen LogP contribution in [0, 0.1) is 0 Å². The zero-order valence-corrected chi connectivity index (χ0v) is 12.8. The lowest BCUT2D eigenvalue weighted by Gasteiger charge is -2.11. The Balaban J connectivity index is 1.96. The molecule has 22 heavy (non-hydrogen) atoms. The number of rotatable bonds is 6. The van der Waals surface area contributed by atoms with E-state index in [4.69, 9.17) is 11.6 Å². The van der Waals surface area contributed by atoms with E-state index in [0.717, 1.165) is 4.90 Å². The molecule has 3 nitrogen and oxygen atoms in total. The van der Waals surface area contributed by atoms with Gasteiger partial charge in [-0.05, 0) is 24.3 Å². The number of benzene rings is 2. The number of carbonyl (C=O) groups is 1. The Morgan fingerprint density at radius 1 is 1.18 bits per heavy atom. The predicted octanol–water partition coefficient (Wildman–Crippen LogP) is 4.67. The summed E-state index contributed by atoms with van der Waals surface area (Å²) >= 11 is 7.26. The number of thioether (sulfide) groups is 1. The minimum Gasteiger partial charge on any atom is -0.433 e. The Labute approximate surface area is 135 Å². The van der Waals surface area contributed by atoms with Crippen molar-refractivity contribution >= 4 is 35.0 Å². The minimum absolute atomic E-state index is 0.0754. The summed E-state index contributed by atoms with van der Waals surface area (Å²) in [4.78, 5) is 12.7. The standard InChI is InChI=1S/C15H12ClF2NO2S/c16-10-5-1-4-8-13(10)22-9-14(20)19-11-6-2-3-7-12(11)21-15(17)18/h1-8,15H,9H2,(H,19,20). The van der Waals surface area contributed by atoms with Gasteiger partial charge in [0.05, 0.1) is 16.5 Å². The Hall–Kier alpha value is -1.79. The monoisotopic (exact) mass is 343 g/mol. The van der Waals surface area contributed by atoms with E-state index in [9.17, 15) is 13.6 Å². The van der Waals surface area contributed by atoms with E-state index in [1.54, 1.807) is 30.3 Å². The molecule has 2 aromatic rings. The molecule has 0 bridgehead atoms. The van der Waals surface area contributed by atoms with Crippen molar-refractivity contribution < 1.29 is 18.3 Å². The van der Waals surface area contributed by atoms with E-state index in [-0.39, 0.29) is 23.1 Å².